The monoisotopic (exact) mass is 289 g/mol. The molecule has 1 aromatic carbocycles. The summed E-state index contributed by atoms with van der Waals surface area (Å²) in [6.07, 6.45) is 0. The van der Waals surface area contributed by atoms with E-state index < -0.39 is 16.7 Å². The zero-order chi connectivity index (χ0) is 15.4. The molecule has 0 fully saturated rings. The lowest BCUT2D eigenvalue weighted by atomic mass is 10.2. The normalized spacial score (nSPS) is 9.95. The number of carbonyl (C=O) groups excluding carboxylic acids is 2. The molecule has 2 rings (SSSR count). The number of hydrazine groups is 1. The van der Waals surface area contributed by atoms with Crippen LogP contribution < -0.4 is 10.9 Å². The van der Waals surface area contributed by atoms with E-state index in [9.17, 15) is 19.7 Å². The number of hydrogen-bond donors (Lipinski definition) is 3. The van der Waals surface area contributed by atoms with E-state index >= 15 is 0 Å². The van der Waals surface area contributed by atoms with Crippen LogP contribution in [0.1, 0.15) is 26.5 Å². The molecule has 0 saturated heterocycles. The number of nitrogens with zero attached hydrogens (tertiary/aromatic N) is 2. The fraction of sp³-hybridized carbons (Fsp3) is 0.0833. The first kappa shape index (κ1) is 14.2. The number of hydrogen-bond acceptors (Lipinski definition) is 5. The van der Waals surface area contributed by atoms with Crippen LogP contribution in [0.25, 0.3) is 0 Å². The molecule has 0 spiro atoms. The van der Waals surface area contributed by atoms with Crippen molar-refractivity contribution >= 4 is 17.5 Å². The van der Waals surface area contributed by atoms with E-state index in [2.05, 4.69) is 21.0 Å². The predicted molar refractivity (Wildman–Crippen MR) is 71.4 cm³/mol. The van der Waals surface area contributed by atoms with E-state index in [-0.39, 0.29) is 16.9 Å². The number of nitro groups is 1. The molecule has 0 atom stereocenters. The Morgan fingerprint density at radius 3 is 2.52 bits per heavy atom. The first-order valence-electron chi connectivity index (χ1n) is 5.85. The van der Waals surface area contributed by atoms with Gasteiger partial charge in [0.1, 0.15) is 5.56 Å². The van der Waals surface area contributed by atoms with Gasteiger partial charge in [0.2, 0.25) is 0 Å². The minimum Gasteiger partial charge on any atom is -0.282 e. The van der Waals surface area contributed by atoms with Crippen LogP contribution in [0.15, 0.2) is 30.3 Å². The molecule has 3 N–H and O–H groups in total. The van der Waals surface area contributed by atoms with Crippen LogP contribution >= 0.6 is 0 Å². The molecule has 2 amide bonds. The molecule has 9 heteroatoms. The van der Waals surface area contributed by atoms with Crippen LogP contribution in [-0.4, -0.2) is 26.9 Å². The van der Waals surface area contributed by atoms with Gasteiger partial charge in [0.05, 0.1) is 4.92 Å². The first-order valence-corrected chi connectivity index (χ1v) is 5.85. The summed E-state index contributed by atoms with van der Waals surface area (Å²) >= 11 is 0. The maximum atomic E-state index is 11.9. The number of amides is 2. The summed E-state index contributed by atoms with van der Waals surface area (Å²) in [5, 5.41) is 17.1. The SMILES string of the molecule is Cc1cc(C(=O)NNC(=O)c2ccccc2[N+](=O)[O-])n[nH]1. The molecule has 0 aliphatic rings. The van der Waals surface area contributed by atoms with Crippen LogP contribution in [0.4, 0.5) is 5.69 Å². The highest BCUT2D eigenvalue weighted by molar-refractivity contribution is 6.00. The Balaban J connectivity index is 2.06. The third kappa shape index (κ3) is 3.21. The van der Waals surface area contributed by atoms with Crippen molar-refractivity contribution < 1.29 is 14.5 Å². The van der Waals surface area contributed by atoms with E-state index in [4.69, 9.17) is 0 Å². The number of aromatic nitrogens is 2. The third-order valence-corrected chi connectivity index (χ3v) is 2.57. The molecule has 1 aromatic heterocycles. The van der Waals surface area contributed by atoms with Crippen molar-refractivity contribution in [2.75, 3.05) is 0 Å². The molecule has 108 valence electrons. The van der Waals surface area contributed by atoms with Gasteiger partial charge in [-0.2, -0.15) is 5.10 Å². The number of nitro benzene ring substituents is 1. The number of nitrogens with one attached hydrogen (secondary N) is 3. The number of benzene rings is 1. The van der Waals surface area contributed by atoms with Gasteiger partial charge in [0, 0.05) is 11.8 Å². The van der Waals surface area contributed by atoms with Gasteiger partial charge in [0.25, 0.3) is 17.5 Å². The highest BCUT2D eigenvalue weighted by Crippen LogP contribution is 2.16. The molecule has 0 saturated carbocycles. The van der Waals surface area contributed by atoms with E-state index in [1.807, 2.05) is 0 Å². The van der Waals surface area contributed by atoms with Gasteiger partial charge in [0.15, 0.2) is 5.69 Å². The molecule has 9 nitrogen and oxygen atoms in total. The van der Waals surface area contributed by atoms with Gasteiger partial charge in [-0.05, 0) is 19.1 Å². The maximum absolute atomic E-state index is 11.9. The average molecular weight is 289 g/mol. The molecule has 0 bridgehead atoms. The number of aromatic amines is 1. The van der Waals surface area contributed by atoms with Crippen molar-refractivity contribution in [3.8, 4) is 0 Å². The lowest BCUT2D eigenvalue weighted by molar-refractivity contribution is -0.385. The molecule has 0 radical (unpaired) electrons. The van der Waals surface area contributed by atoms with Gasteiger partial charge in [-0.1, -0.05) is 12.1 Å². The molecular weight excluding hydrogens is 278 g/mol. The lowest BCUT2D eigenvalue weighted by Gasteiger charge is -2.06. The van der Waals surface area contributed by atoms with E-state index in [0.29, 0.717) is 5.69 Å². The first-order chi connectivity index (χ1) is 9.99. The van der Waals surface area contributed by atoms with Gasteiger partial charge < -0.3 is 0 Å². The second-order valence-electron chi connectivity index (χ2n) is 4.12. The molecule has 1 heterocycles. The number of H-pyrrole nitrogens is 1. The minimum absolute atomic E-state index is 0.0929. The van der Waals surface area contributed by atoms with E-state index in [1.54, 1.807) is 6.92 Å². The van der Waals surface area contributed by atoms with Crippen molar-refractivity contribution in [1.29, 1.82) is 0 Å². The summed E-state index contributed by atoms with van der Waals surface area (Å²) in [7, 11) is 0. The topological polar surface area (TPSA) is 130 Å². The smallest absolute Gasteiger partial charge is 0.282 e. The molecule has 0 aliphatic carbocycles. The van der Waals surface area contributed by atoms with Crippen LogP contribution in [0.5, 0.6) is 0 Å². The van der Waals surface area contributed by atoms with Gasteiger partial charge in [-0.25, -0.2) is 0 Å². The van der Waals surface area contributed by atoms with Crippen molar-refractivity contribution in [3.63, 3.8) is 0 Å². The summed E-state index contributed by atoms with van der Waals surface area (Å²) in [4.78, 5) is 33.7. The maximum Gasteiger partial charge on any atom is 0.290 e. The number of rotatable bonds is 3. The predicted octanol–water partition coefficient (Wildman–Crippen LogP) is 0.701. The fourth-order valence-electron chi connectivity index (χ4n) is 1.60. The van der Waals surface area contributed by atoms with Crippen LogP contribution in [-0.2, 0) is 0 Å². The largest absolute Gasteiger partial charge is 0.290 e. The second kappa shape index (κ2) is 5.82. The van der Waals surface area contributed by atoms with Gasteiger partial charge in [-0.3, -0.25) is 35.7 Å². The van der Waals surface area contributed by atoms with E-state index in [0.717, 1.165) is 0 Å². The molecule has 0 aliphatic heterocycles. The summed E-state index contributed by atoms with van der Waals surface area (Å²) in [6.45, 7) is 1.72. The Labute approximate surface area is 118 Å². The van der Waals surface area contributed by atoms with Crippen molar-refractivity contribution in [2.24, 2.45) is 0 Å². The van der Waals surface area contributed by atoms with Crippen LogP contribution in [0.3, 0.4) is 0 Å². The fourth-order valence-corrected chi connectivity index (χ4v) is 1.60. The number of para-hydroxylation sites is 1. The zero-order valence-corrected chi connectivity index (χ0v) is 10.9. The van der Waals surface area contributed by atoms with Crippen LogP contribution in [0.2, 0.25) is 0 Å². The van der Waals surface area contributed by atoms with Crippen molar-refractivity contribution in [1.82, 2.24) is 21.0 Å². The Kier molecular flexibility index (Phi) is 3.93. The third-order valence-electron chi connectivity index (χ3n) is 2.57. The zero-order valence-electron chi connectivity index (χ0n) is 10.9. The van der Waals surface area contributed by atoms with E-state index in [1.165, 1.54) is 30.3 Å². The van der Waals surface area contributed by atoms with Gasteiger partial charge >= 0.3 is 0 Å². The highest BCUT2D eigenvalue weighted by atomic mass is 16.6. The molecule has 2 aromatic rings. The second-order valence-corrected chi connectivity index (χ2v) is 4.12. The quantitative estimate of drug-likeness (QED) is 0.565. The Bertz CT molecular complexity index is 709. The summed E-state index contributed by atoms with van der Waals surface area (Å²) in [5.74, 6) is -1.42. The molecule has 21 heavy (non-hydrogen) atoms. The minimum atomic E-state index is -0.789. The summed E-state index contributed by atoms with van der Waals surface area (Å²) in [6, 6.07) is 6.92. The number of carbonyl (C=O) groups is 2. The van der Waals surface area contributed by atoms with Gasteiger partial charge in [-0.15, -0.1) is 0 Å². The Morgan fingerprint density at radius 2 is 1.90 bits per heavy atom. The van der Waals surface area contributed by atoms with Crippen molar-refractivity contribution in [2.45, 2.75) is 6.92 Å². The number of aryl methyl sites for hydroxylation is 1. The standard InChI is InChI=1S/C12H11N5O4/c1-7-6-9(14-13-7)12(19)16-15-11(18)8-4-2-3-5-10(8)17(20)21/h2-6H,1H3,(H,13,14)(H,15,18)(H,16,19). The summed E-state index contributed by atoms with van der Waals surface area (Å²) in [5.41, 5.74) is 4.52. The Morgan fingerprint density at radius 1 is 1.24 bits per heavy atom. The highest BCUT2D eigenvalue weighted by Gasteiger charge is 2.19. The average Bonchev–Trinajstić information content (AvgIpc) is 2.91. The Hall–Kier alpha value is -3.23. The van der Waals surface area contributed by atoms with Crippen molar-refractivity contribution in [3.05, 3.63) is 57.4 Å². The molecular formula is C12H11N5O4. The van der Waals surface area contributed by atoms with Crippen LogP contribution in [0, 0.1) is 17.0 Å². The lowest BCUT2D eigenvalue weighted by Crippen LogP contribution is -2.42. The summed E-state index contributed by atoms with van der Waals surface area (Å²) < 4.78 is 0. The molecule has 0 unspecified atom stereocenters.